The van der Waals surface area contributed by atoms with Gasteiger partial charge >= 0.3 is 11.9 Å². The molecular weight excluding hydrogens is 268 g/mol. The van der Waals surface area contributed by atoms with Crippen LogP contribution in [0.4, 0.5) is 0 Å². The van der Waals surface area contributed by atoms with E-state index in [4.69, 9.17) is 21.1 Å². The minimum absolute atomic E-state index is 0.234. The van der Waals surface area contributed by atoms with Crippen LogP contribution in [0.25, 0.3) is 0 Å². The maximum absolute atomic E-state index is 11.7. The van der Waals surface area contributed by atoms with Gasteiger partial charge in [-0.2, -0.15) is 0 Å². The zero-order valence-electron chi connectivity index (χ0n) is 11.1. The lowest BCUT2D eigenvalue weighted by atomic mass is 10.0. The van der Waals surface area contributed by atoms with E-state index in [1.807, 2.05) is 6.07 Å². The van der Waals surface area contributed by atoms with E-state index in [9.17, 15) is 9.59 Å². The number of hydrogen-bond acceptors (Lipinski definition) is 4. The van der Waals surface area contributed by atoms with E-state index < -0.39 is 5.97 Å². The molecule has 1 rings (SSSR count). The molecule has 0 aliphatic rings. The molecule has 0 spiro atoms. The summed E-state index contributed by atoms with van der Waals surface area (Å²) >= 11 is 5.74. The van der Waals surface area contributed by atoms with Crippen LogP contribution >= 0.6 is 11.6 Å². The fourth-order valence-corrected chi connectivity index (χ4v) is 1.86. The molecule has 0 saturated heterocycles. The lowest BCUT2D eigenvalue weighted by Crippen LogP contribution is -2.10. The van der Waals surface area contributed by atoms with Crippen molar-refractivity contribution in [2.75, 3.05) is 13.7 Å². The fourth-order valence-electron chi connectivity index (χ4n) is 1.69. The van der Waals surface area contributed by atoms with Crippen LogP contribution in [0.5, 0.6) is 0 Å². The van der Waals surface area contributed by atoms with Crippen LogP contribution in [0.2, 0.25) is 0 Å². The number of alkyl halides is 1. The highest BCUT2D eigenvalue weighted by Gasteiger charge is 2.14. The van der Waals surface area contributed by atoms with Gasteiger partial charge in [-0.15, -0.1) is 11.6 Å². The van der Waals surface area contributed by atoms with Gasteiger partial charge in [-0.3, -0.25) is 4.79 Å². The number of aryl methyl sites for hydroxylation is 1. The number of benzene rings is 1. The molecule has 0 atom stereocenters. The molecule has 0 bridgehead atoms. The lowest BCUT2D eigenvalue weighted by molar-refractivity contribution is -0.143. The molecule has 0 heterocycles. The van der Waals surface area contributed by atoms with Crippen molar-refractivity contribution in [2.45, 2.75) is 25.6 Å². The second-order valence-electron chi connectivity index (χ2n) is 3.92. The SMILES string of the molecule is CCOC(=O)CCc1ccc(CCl)cc1C(=O)OC. The Hall–Kier alpha value is -1.55. The Balaban J connectivity index is 2.87. The molecule has 104 valence electrons. The van der Waals surface area contributed by atoms with Crippen LogP contribution in [0.1, 0.15) is 34.8 Å². The number of carbonyl (C=O) groups is 2. The largest absolute Gasteiger partial charge is 0.466 e. The van der Waals surface area contributed by atoms with Gasteiger partial charge in [-0.25, -0.2) is 4.79 Å². The van der Waals surface area contributed by atoms with Gasteiger partial charge in [-0.05, 0) is 30.5 Å². The Morgan fingerprint density at radius 2 is 2.05 bits per heavy atom. The van der Waals surface area contributed by atoms with E-state index in [1.165, 1.54) is 7.11 Å². The molecule has 0 aromatic heterocycles. The molecule has 0 unspecified atom stereocenters. The van der Waals surface area contributed by atoms with Crippen molar-refractivity contribution in [2.24, 2.45) is 0 Å². The number of rotatable bonds is 6. The maximum atomic E-state index is 11.7. The van der Waals surface area contributed by atoms with E-state index >= 15 is 0 Å². The Morgan fingerprint density at radius 3 is 2.63 bits per heavy atom. The molecule has 0 N–H and O–H groups in total. The topological polar surface area (TPSA) is 52.6 Å². The summed E-state index contributed by atoms with van der Waals surface area (Å²) in [6, 6.07) is 5.32. The van der Waals surface area contributed by atoms with Crippen molar-refractivity contribution in [3.05, 3.63) is 34.9 Å². The van der Waals surface area contributed by atoms with Crippen molar-refractivity contribution >= 4 is 23.5 Å². The number of esters is 2. The second kappa shape index (κ2) is 7.79. The molecule has 4 nitrogen and oxygen atoms in total. The summed E-state index contributed by atoms with van der Waals surface area (Å²) < 4.78 is 9.59. The smallest absolute Gasteiger partial charge is 0.338 e. The van der Waals surface area contributed by atoms with Crippen molar-refractivity contribution in [3.8, 4) is 0 Å². The first-order valence-corrected chi connectivity index (χ1v) is 6.57. The first-order chi connectivity index (χ1) is 9.12. The Labute approximate surface area is 117 Å². The zero-order valence-corrected chi connectivity index (χ0v) is 11.8. The van der Waals surface area contributed by atoms with E-state index in [-0.39, 0.29) is 12.4 Å². The van der Waals surface area contributed by atoms with Gasteiger partial charge in [0.15, 0.2) is 0 Å². The summed E-state index contributed by atoms with van der Waals surface area (Å²) in [4.78, 5) is 23.0. The van der Waals surface area contributed by atoms with Crippen LogP contribution in [-0.4, -0.2) is 25.7 Å². The normalized spacial score (nSPS) is 10.1. The number of hydrogen-bond donors (Lipinski definition) is 0. The standard InChI is InChI=1S/C14H17ClO4/c1-3-19-13(16)7-6-11-5-4-10(9-15)8-12(11)14(17)18-2/h4-5,8H,3,6-7,9H2,1-2H3. The molecule has 0 radical (unpaired) electrons. The van der Waals surface area contributed by atoms with Crippen LogP contribution < -0.4 is 0 Å². The first kappa shape index (κ1) is 15.5. The summed E-state index contributed by atoms with van der Waals surface area (Å²) in [7, 11) is 1.32. The lowest BCUT2D eigenvalue weighted by Gasteiger charge is -2.09. The molecule has 0 saturated carbocycles. The van der Waals surface area contributed by atoms with Crippen molar-refractivity contribution in [1.82, 2.24) is 0 Å². The highest BCUT2D eigenvalue weighted by atomic mass is 35.5. The van der Waals surface area contributed by atoms with Gasteiger partial charge in [-0.1, -0.05) is 12.1 Å². The van der Waals surface area contributed by atoms with Gasteiger partial charge in [0, 0.05) is 12.3 Å². The highest BCUT2D eigenvalue weighted by Crippen LogP contribution is 2.17. The van der Waals surface area contributed by atoms with E-state index in [2.05, 4.69) is 0 Å². The molecule has 1 aromatic carbocycles. The number of ether oxygens (including phenoxy) is 2. The van der Waals surface area contributed by atoms with Crippen molar-refractivity contribution < 1.29 is 19.1 Å². The molecule has 19 heavy (non-hydrogen) atoms. The Morgan fingerprint density at radius 1 is 1.32 bits per heavy atom. The minimum atomic E-state index is -0.425. The second-order valence-corrected chi connectivity index (χ2v) is 4.19. The van der Waals surface area contributed by atoms with E-state index in [0.29, 0.717) is 24.5 Å². The summed E-state index contributed by atoms with van der Waals surface area (Å²) in [6.45, 7) is 2.11. The van der Waals surface area contributed by atoms with Gasteiger partial charge in [0.25, 0.3) is 0 Å². The summed E-state index contributed by atoms with van der Waals surface area (Å²) in [5.74, 6) is -0.382. The first-order valence-electron chi connectivity index (χ1n) is 6.04. The monoisotopic (exact) mass is 284 g/mol. The van der Waals surface area contributed by atoms with Crippen LogP contribution in [-0.2, 0) is 26.6 Å². The summed E-state index contributed by atoms with van der Waals surface area (Å²) in [5.41, 5.74) is 2.04. The van der Waals surface area contributed by atoms with E-state index in [1.54, 1.807) is 19.1 Å². The molecule has 0 amide bonds. The summed E-state index contributed by atoms with van der Waals surface area (Å²) in [6.07, 6.45) is 0.671. The predicted octanol–water partition coefficient (Wildman–Crippen LogP) is 2.71. The molecule has 1 aromatic rings. The third-order valence-corrected chi connectivity index (χ3v) is 2.95. The van der Waals surface area contributed by atoms with Crippen molar-refractivity contribution in [3.63, 3.8) is 0 Å². The van der Waals surface area contributed by atoms with Crippen LogP contribution in [0, 0.1) is 0 Å². The van der Waals surface area contributed by atoms with Crippen LogP contribution in [0.15, 0.2) is 18.2 Å². The van der Waals surface area contributed by atoms with Gasteiger partial charge in [0.05, 0.1) is 19.3 Å². The van der Waals surface area contributed by atoms with Crippen molar-refractivity contribution in [1.29, 1.82) is 0 Å². The number of carbonyl (C=O) groups excluding carboxylic acids is 2. The minimum Gasteiger partial charge on any atom is -0.466 e. The number of methoxy groups -OCH3 is 1. The molecule has 5 heteroatoms. The average molecular weight is 285 g/mol. The fraction of sp³-hybridized carbons (Fsp3) is 0.429. The summed E-state index contributed by atoms with van der Waals surface area (Å²) in [5, 5.41) is 0. The Bertz CT molecular complexity index is 457. The molecular formula is C14H17ClO4. The van der Waals surface area contributed by atoms with Crippen LogP contribution in [0.3, 0.4) is 0 Å². The van der Waals surface area contributed by atoms with Gasteiger partial charge in [0.1, 0.15) is 0 Å². The Kier molecular flexibility index (Phi) is 6.36. The quantitative estimate of drug-likeness (QED) is 0.595. The third-order valence-electron chi connectivity index (χ3n) is 2.64. The molecule has 0 aliphatic heterocycles. The van der Waals surface area contributed by atoms with Gasteiger partial charge < -0.3 is 9.47 Å². The number of halogens is 1. The zero-order chi connectivity index (χ0) is 14.3. The highest BCUT2D eigenvalue weighted by molar-refractivity contribution is 6.17. The van der Waals surface area contributed by atoms with Gasteiger partial charge in [0.2, 0.25) is 0 Å². The van der Waals surface area contributed by atoms with E-state index in [0.717, 1.165) is 11.1 Å². The molecule has 0 aliphatic carbocycles. The third kappa shape index (κ3) is 4.56. The average Bonchev–Trinajstić information content (AvgIpc) is 2.44. The predicted molar refractivity (Wildman–Crippen MR) is 72.3 cm³/mol. The molecule has 0 fully saturated rings. The maximum Gasteiger partial charge on any atom is 0.338 e.